The summed E-state index contributed by atoms with van der Waals surface area (Å²) in [5.74, 6) is 0.423. The standard InChI is InChI=1S/C17H16N2O2S/c1-21-15-9-5-8-14(12-15)18-17(22)19-16(20)11-10-13-6-3-2-4-7-13/h2-12H,1H3,(H2,18,19,20,22). The number of ether oxygens (including phenoxy) is 1. The van der Waals surface area contributed by atoms with Gasteiger partial charge in [-0.3, -0.25) is 10.1 Å². The first-order valence-electron chi connectivity index (χ1n) is 6.66. The number of rotatable bonds is 4. The second kappa shape index (κ2) is 7.95. The van der Waals surface area contributed by atoms with Crippen LogP contribution in [-0.2, 0) is 4.79 Å². The molecule has 0 saturated carbocycles. The Bertz CT molecular complexity index is 684. The number of nitrogens with one attached hydrogen (secondary N) is 2. The Morgan fingerprint density at radius 3 is 2.64 bits per heavy atom. The predicted octanol–water partition coefficient (Wildman–Crippen LogP) is 3.22. The van der Waals surface area contributed by atoms with Crippen molar-refractivity contribution in [3.8, 4) is 5.75 Å². The monoisotopic (exact) mass is 312 g/mol. The summed E-state index contributed by atoms with van der Waals surface area (Å²) in [6.07, 6.45) is 3.17. The molecule has 2 aromatic carbocycles. The molecule has 0 heterocycles. The van der Waals surface area contributed by atoms with Crippen LogP contribution in [0.4, 0.5) is 5.69 Å². The molecule has 0 atom stereocenters. The highest BCUT2D eigenvalue weighted by molar-refractivity contribution is 7.80. The van der Waals surface area contributed by atoms with Crippen LogP contribution in [0.2, 0.25) is 0 Å². The summed E-state index contributed by atoms with van der Waals surface area (Å²) >= 11 is 5.10. The van der Waals surface area contributed by atoms with E-state index in [1.54, 1.807) is 19.3 Å². The van der Waals surface area contributed by atoms with Crippen molar-refractivity contribution in [2.75, 3.05) is 12.4 Å². The van der Waals surface area contributed by atoms with Gasteiger partial charge < -0.3 is 10.1 Å². The van der Waals surface area contributed by atoms with Gasteiger partial charge in [0.2, 0.25) is 5.91 Å². The number of amides is 1. The smallest absolute Gasteiger partial charge is 0.250 e. The van der Waals surface area contributed by atoms with Gasteiger partial charge in [0.05, 0.1) is 7.11 Å². The van der Waals surface area contributed by atoms with Crippen LogP contribution in [0.25, 0.3) is 6.08 Å². The first-order chi connectivity index (χ1) is 10.7. The third kappa shape index (κ3) is 5.03. The molecular formula is C17H16N2O2S. The largest absolute Gasteiger partial charge is 0.497 e. The number of hydrogen-bond acceptors (Lipinski definition) is 3. The Labute approximate surface area is 134 Å². The van der Waals surface area contributed by atoms with E-state index in [2.05, 4.69) is 10.6 Å². The zero-order chi connectivity index (χ0) is 15.8. The van der Waals surface area contributed by atoms with Crippen molar-refractivity contribution in [3.05, 3.63) is 66.2 Å². The van der Waals surface area contributed by atoms with Crippen LogP contribution in [0, 0.1) is 0 Å². The van der Waals surface area contributed by atoms with Crippen LogP contribution in [0.1, 0.15) is 5.56 Å². The molecule has 0 bridgehead atoms. The molecule has 2 N–H and O–H groups in total. The zero-order valence-electron chi connectivity index (χ0n) is 12.1. The Hall–Kier alpha value is -2.66. The van der Waals surface area contributed by atoms with Gasteiger partial charge in [0.1, 0.15) is 5.75 Å². The molecule has 0 fully saturated rings. The van der Waals surface area contributed by atoms with Gasteiger partial charge >= 0.3 is 0 Å². The van der Waals surface area contributed by atoms with E-state index in [-0.39, 0.29) is 11.0 Å². The van der Waals surface area contributed by atoms with Crippen LogP contribution >= 0.6 is 12.2 Å². The molecule has 4 nitrogen and oxygen atoms in total. The quantitative estimate of drug-likeness (QED) is 0.672. The minimum Gasteiger partial charge on any atom is -0.497 e. The number of methoxy groups -OCH3 is 1. The van der Waals surface area contributed by atoms with E-state index in [1.165, 1.54) is 6.08 Å². The van der Waals surface area contributed by atoms with Crippen molar-refractivity contribution < 1.29 is 9.53 Å². The first kappa shape index (κ1) is 15.7. The number of carbonyl (C=O) groups excluding carboxylic acids is 1. The SMILES string of the molecule is COc1cccc(NC(=S)NC(=O)C=Cc2ccccc2)c1. The average Bonchev–Trinajstić information content (AvgIpc) is 2.54. The fourth-order valence-corrected chi connectivity index (χ4v) is 1.97. The van der Waals surface area contributed by atoms with Crippen LogP contribution in [0.15, 0.2) is 60.7 Å². The lowest BCUT2D eigenvalue weighted by molar-refractivity contribution is -0.115. The van der Waals surface area contributed by atoms with Crippen molar-refractivity contribution in [1.29, 1.82) is 0 Å². The predicted molar refractivity (Wildman–Crippen MR) is 92.8 cm³/mol. The Balaban J connectivity index is 1.88. The average molecular weight is 312 g/mol. The molecule has 2 rings (SSSR count). The second-order valence-corrected chi connectivity index (χ2v) is 4.83. The van der Waals surface area contributed by atoms with Gasteiger partial charge in [-0.05, 0) is 36.0 Å². The van der Waals surface area contributed by atoms with Gasteiger partial charge in [-0.15, -0.1) is 0 Å². The molecular weight excluding hydrogens is 296 g/mol. The summed E-state index contributed by atoms with van der Waals surface area (Å²) in [5.41, 5.74) is 1.70. The molecule has 5 heteroatoms. The van der Waals surface area contributed by atoms with Crippen molar-refractivity contribution in [2.45, 2.75) is 0 Å². The van der Waals surface area contributed by atoms with E-state index in [4.69, 9.17) is 17.0 Å². The normalized spacial score (nSPS) is 10.2. The first-order valence-corrected chi connectivity index (χ1v) is 7.07. The number of thiocarbonyl (C=S) groups is 1. The highest BCUT2D eigenvalue weighted by atomic mass is 32.1. The Morgan fingerprint density at radius 1 is 1.14 bits per heavy atom. The lowest BCUT2D eigenvalue weighted by Crippen LogP contribution is -2.32. The maximum atomic E-state index is 11.8. The summed E-state index contributed by atoms with van der Waals surface area (Å²) in [5, 5.41) is 5.75. The van der Waals surface area contributed by atoms with Gasteiger partial charge in [0, 0.05) is 17.8 Å². The molecule has 0 unspecified atom stereocenters. The van der Waals surface area contributed by atoms with Crippen LogP contribution in [0.3, 0.4) is 0 Å². The van der Waals surface area contributed by atoms with Crippen molar-refractivity contribution >= 4 is 35.0 Å². The van der Waals surface area contributed by atoms with E-state index < -0.39 is 0 Å². The lowest BCUT2D eigenvalue weighted by Gasteiger charge is -2.09. The molecule has 22 heavy (non-hydrogen) atoms. The van der Waals surface area contributed by atoms with Crippen LogP contribution in [0.5, 0.6) is 5.75 Å². The van der Waals surface area contributed by atoms with Crippen LogP contribution < -0.4 is 15.4 Å². The van der Waals surface area contributed by atoms with Crippen LogP contribution in [-0.4, -0.2) is 18.1 Å². The molecule has 2 aromatic rings. The topological polar surface area (TPSA) is 50.4 Å². The summed E-state index contributed by atoms with van der Waals surface area (Å²) in [7, 11) is 1.59. The number of hydrogen-bond donors (Lipinski definition) is 2. The summed E-state index contributed by atoms with van der Waals surface area (Å²) in [6, 6.07) is 16.9. The third-order valence-corrected chi connectivity index (χ3v) is 3.00. The van der Waals surface area contributed by atoms with E-state index in [9.17, 15) is 4.79 Å². The molecule has 0 aliphatic carbocycles. The van der Waals surface area contributed by atoms with Gasteiger partial charge in [0.15, 0.2) is 5.11 Å². The highest BCUT2D eigenvalue weighted by Gasteiger charge is 2.02. The summed E-state index contributed by atoms with van der Waals surface area (Å²) < 4.78 is 5.12. The number of anilines is 1. The lowest BCUT2D eigenvalue weighted by atomic mass is 10.2. The fraction of sp³-hybridized carbons (Fsp3) is 0.0588. The van der Waals surface area contributed by atoms with E-state index in [1.807, 2.05) is 48.5 Å². The molecule has 112 valence electrons. The van der Waals surface area contributed by atoms with Gasteiger partial charge in [-0.1, -0.05) is 36.4 Å². The van der Waals surface area contributed by atoms with E-state index >= 15 is 0 Å². The third-order valence-electron chi connectivity index (χ3n) is 2.79. The fourth-order valence-electron chi connectivity index (χ4n) is 1.75. The minimum absolute atomic E-state index is 0.232. The molecule has 0 aromatic heterocycles. The number of carbonyl (C=O) groups is 1. The van der Waals surface area contributed by atoms with Crippen molar-refractivity contribution in [3.63, 3.8) is 0 Å². The molecule has 0 radical (unpaired) electrons. The number of benzene rings is 2. The van der Waals surface area contributed by atoms with Gasteiger partial charge in [-0.2, -0.15) is 0 Å². The zero-order valence-corrected chi connectivity index (χ0v) is 12.9. The van der Waals surface area contributed by atoms with Gasteiger partial charge in [-0.25, -0.2) is 0 Å². The maximum absolute atomic E-state index is 11.8. The van der Waals surface area contributed by atoms with E-state index in [0.717, 1.165) is 11.3 Å². The van der Waals surface area contributed by atoms with Crippen molar-refractivity contribution in [1.82, 2.24) is 5.32 Å². The molecule has 0 saturated heterocycles. The minimum atomic E-state index is -0.288. The van der Waals surface area contributed by atoms with Gasteiger partial charge in [0.25, 0.3) is 0 Å². The molecule has 1 amide bonds. The molecule has 0 spiro atoms. The van der Waals surface area contributed by atoms with Crippen molar-refractivity contribution in [2.24, 2.45) is 0 Å². The summed E-state index contributed by atoms with van der Waals surface area (Å²) in [4.78, 5) is 11.8. The maximum Gasteiger partial charge on any atom is 0.250 e. The highest BCUT2D eigenvalue weighted by Crippen LogP contribution is 2.16. The second-order valence-electron chi connectivity index (χ2n) is 4.42. The Kier molecular flexibility index (Phi) is 5.68. The molecule has 0 aliphatic heterocycles. The Morgan fingerprint density at radius 2 is 1.91 bits per heavy atom. The molecule has 0 aliphatic rings. The summed E-state index contributed by atoms with van der Waals surface area (Å²) in [6.45, 7) is 0. The van der Waals surface area contributed by atoms with E-state index in [0.29, 0.717) is 5.75 Å².